The van der Waals surface area contributed by atoms with Crippen molar-refractivity contribution in [2.75, 3.05) is 13.7 Å². The Bertz CT molecular complexity index is 1260. The van der Waals surface area contributed by atoms with Gasteiger partial charge in [0, 0.05) is 37.7 Å². The van der Waals surface area contributed by atoms with E-state index in [4.69, 9.17) is 9.84 Å². The van der Waals surface area contributed by atoms with Crippen LogP contribution in [0.1, 0.15) is 11.1 Å². The third-order valence-electron chi connectivity index (χ3n) is 5.44. The largest absolute Gasteiger partial charge is 0.496 e. The van der Waals surface area contributed by atoms with Crippen LogP contribution in [0.5, 0.6) is 5.75 Å². The van der Waals surface area contributed by atoms with E-state index in [1.54, 1.807) is 30.1 Å². The fraction of sp³-hybridized carbons (Fsp3) is 0.240. The van der Waals surface area contributed by atoms with Gasteiger partial charge in [0.15, 0.2) is 5.82 Å². The van der Waals surface area contributed by atoms with Gasteiger partial charge in [-0.05, 0) is 41.8 Å². The SMILES string of the molecule is COc1ccc(CC(=O)NCCn2cc(-c3ccc(F)cc3)c(-c3nccn3C)n2)cc1C. The molecule has 0 bridgehead atoms. The third kappa shape index (κ3) is 5.11. The lowest BCUT2D eigenvalue weighted by Crippen LogP contribution is -2.28. The number of nitrogens with zero attached hydrogens (tertiary/aromatic N) is 4. The second-order valence-electron chi connectivity index (χ2n) is 7.85. The van der Waals surface area contributed by atoms with Crippen molar-refractivity contribution in [3.05, 3.63) is 78.0 Å². The van der Waals surface area contributed by atoms with Crippen LogP contribution in [-0.2, 0) is 24.8 Å². The minimum Gasteiger partial charge on any atom is -0.496 e. The zero-order valence-electron chi connectivity index (χ0n) is 18.9. The number of carbonyl (C=O) groups excluding carboxylic acids is 1. The topological polar surface area (TPSA) is 74.0 Å². The van der Waals surface area contributed by atoms with Gasteiger partial charge in [0.2, 0.25) is 5.91 Å². The van der Waals surface area contributed by atoms with E-state index >= 15 is 0 Å². The molecule has 2 heterocycles. The standard InChI is InChI=1S/C25H26FN5O2/c1-17-14-18(4-9-22(17)33-3)15-23(32)27-11-13-31-16-21(19-5-7-20(26)8-6-19)24(29-31)25-28-10-12-30(25)2/h4-10,12,14,16H,11,13,15H2,1-3H3,(H,27,32). The smallest absolute Gasteiger partial charge is 0.224 e. The summed E-state index contributed by atoms with van der Waals surface area (Å²) >= 11 is 0. The third-order valence-corrected chi connectivity index (χ3v) is 5.44. The second kappa shape index (κ2) is 9.68. The monoisotopic (exact) mass is 447 g/mol. The summed E-state index contributed by atoms with van der Waals surface area (Å²) in [6.07, 6.45) is 5.76. The summed E-state index contributed by atoms with van der Waals surface area (Å²) in [6, 6.07) is 12.0. The Kier molecular flexibility index (Phi) is 6.53. The Hall–Kier alpha value is -3.94. The number of halogens is 1. The number of hydrogen-bond donors (Lipinski definition) is 1. The molecule has 7 nitrogen and oxygen atoms in total. The van der Waals surface area contributed by atoms with Crippen LogP contribution >= 0.6 is 0 Å². The molecule has 8 heteroatoms. The average molecular weight is 448 g/mol. The number of nitrogens with one attached hydrogen (secondary N) is 1. The van der Waals surface area contributed by atoms with Crippen molar-refractivity contribution in [3.8, 4) is 28.4 Å². The maximum Gasteiger partial charge on any atom is 0.224 e. The molecule has 0 spiro atoms. The van der Waals surface area contributed by atoms with Crippen molar-refractivity contribution in [1.29, 1.82) is 0 Å². The zero-order valence-corrected chi connectivity index (χ0v) is 18.9. The Balaban J connectivity index is 1.45. The van der Waals surface area contributed by atoms with Crippen LogP contribution in [0.4, 0.5) is 4.39 Å². The summed E-state index contributed by atoms with van der Waals surface area (Å²) in [4.78, 5) is 16.8. The Labute approximate surface area is 191 Å². The number of amides is 1. The average Bonchev–Trinajstić information content (AvgIpc) is 3.40. The summed E-state index contributed by atoms with van der Waals surface area (Å²) in [5, 5.41) is 7.65. The predicted octanol–water partition coefficient (Wildman–Crippen LogP) is 3.77. The molecule has 2 aromatic heterocycles. The molecule has 0 fully saturated rings. The van der Waals surface area contributed by atoms with Crippen LogP contribution in [0.25, 0.3) is 22.6 Å². The van der Waals surface area contributed by atoms with Crippen LogP contribution in [0.2, 0.25) is 0 Å². The van der Waals surface area contributed by atoms with Gasteiger partial charge in [-0.3, -0.25) is 9.48 Å². The first-order chi connectivity index (χ1) is 15.9. The molecule has 1 amide bonds. The number of ether oxygens (including phenoxy) is 1. The summed E-state index contributed by atoms with van der Waals surface area (Å²) in [5.74, 6) is 1.17. The maximum absolute atomic E-state index is 13.4. The van der Waals surface area contributed by atoms with Crippen molar-refractivity contribution in [2.45, 2.75) is 19.9 Å². The molecular weight excluding hydrogens is 421 g/mol. The van der Waals surface area contributed by atoms with Crippen LogP contribution in [0, 0.1) is 12.7 Å². The fourth-order valence-electron chi connectivity index (χ4n) is 3.74. The number of aromatic nitrogens is 4. The molecule has 2 aromatic carbocycles. The highest BCUT2D eigenvalue weighted by molar-refractivity contribution is 5.79. The van der Waals surface area contributed by atoms with Crippen LogP contribution in [0.15, 0.2) is 61.1 Å². The quantitative estimate of drug-likeness (QED) is 0.446. The number of hydrogen-bond acceptors (Lipinski definition) is 4. The molecule has 0 aliphatic heterocycles. The van der Waals surface area contributed by atoms with Crippen molar-refractivity contribution in [3.63, 3.8) is 0 Å². The highest BCUT2D eigenvalue weighted by atomic mass is 19.1. The van der Waals surface area contributed by atoms with Crippen molar-refractivity contribution in [1.82, 2.24) is 24.6 Å². The van der Waals surface area contributed by atoms with E-state index in [2.05, 4.69) is 10.3 Å². The zero-order chi connectivity index (χ0) is 23.4. The van der Waals surface area contributed by atoms with Crippen LogP contribution in [-0.4, -0.2) is 38.9 Å². The van der Waals surface area contributed by atoms with Gasteiger partial charge in [0.05, 0.1) is 20.1 Å². The molecule has 33 heavy (non-hydrogen) atoms. The molecule has 0 atom stereocenters. The van der Waals surface area contributed by atoms with Crippen molar-refractivity contribution in [2.24, 2.45) is 7.05 Å². The lowest BCUT2D eigenvalue weighted by Gasteiger charge is -2.08. The first-order valence-electron chi connectivity index (χ1n) is 10.7. The van der Waals surface area contributed by atoms with Gasteiger partial charge >= 0.3 is 0 Å². The highest BCUT2D eigenvalue weighted by Crippen LogP contribution is 2.30. The van der Waals surface area contributed by atoms with Crippen LogP contribution < -0.4 is 10.1 Å². The van der Waals surface area contributed by atoms with E-state index < -0.39 is 0 Å². The molecule has 0 aliphatic carbocycles. The van der Waals surface area contributed by atoms with Gasteiger partial charge in [-0.25, -0.2) is 9.37 Å². The minimum atomic E-state index is -0.292. The lowest BCUT2D eigenvalue weighted by atomic mass is 10.1. The normalized spacial score (nSPS) is 10.9. The number of rotatable bonds is 8. The number of carbonyl (C=O) groups is 1. The summed E-state index contributed by atoms with van der Waals surface area (Å²) in [5.41, 5.74) is 4.33. The molecule has 4 aromatic rings. The van der Waals surface area contributed by atoms with Crippen molar-refractivity contribution >= 4 is 5.91 Å². The van der Waals surface area contributed by atoms with E-state index in [-0.39, 0.29) is 11.7 Å². The molecule has 0 aliphatic rings. The Morgan fingerprint density at radius 3 is 2.64 bits per heavy atom. The Morgan fingerprint density at radius 1 is 1.18 bits per heavy atom. The molecule has 1 N–H and O–H groups in total. The fourth-order valence-corrected chi connectivity index (χ4v) is 3.74. The number of aryl methyl sites for hydroxylation is 2. The van der Waals surface area contributed by atoms with E-state index in [1.807, 2.05) is 49.1 Å². The van der Waals surface area contributed by atoms with Gasteiger partial charge in [0.25, 0.3) is 0 Å². The lowest BCUT2D eigenvalue weighted by molar-refractivity contribution is -0.120. The molecule has 0 radical (unpaired) electrons. The second-order valence-corrected chi connectivity index (χ2v) is 7.85. The van der Waals surface area contributed by atoms with Gasteiger partial charge in [0.1, 0.15) is 17.3 Å². The van der Waals surface area contributed by atoms with Crippen LogP contribution in [0.3, 0.4) is 0 Å². The van der Waals surface area contributed by atoms with E-state index in [1.165, 1.54) is 12.1 Å². The minimum absolute atomic E-state index is 0.0604. The molecule has 0 saturated carbocycles. The first-order valence-corrected chi connectivity index (χ1v) is 10.7. The number of benzene rings is 2. The van der Waals surface area contributed by atoms with E-state index in [0.717, 1.165) is 28.0 Å². The number of methoxy groups -OCH3 is 1. The van der Waals surface area contributed by atoms with Gasteiger partial charge in [-0.15, -0.1) is 0 Å². The predicted molar refractivity (Wildman–Crippen MR) is 124 cm³/mol. The van der Waals surface area contributed by atoms with E-state index in [0.29, 0.717) is 31.0 Å². The van der Waals surface area contributed by atoms with Gasteiger partial charge < -0.3 is 14.6 Å². The number of imidazole rings is 1. The summed E-state index contributed by atoms with van der Waals surface area (Å²) < 4.78 is 22.4. The van der Waals surface area contributed by atoms with Gasteiger partial charge in [-0.1, -0.05) is 24.3 Å². The maximum atomic E-state index is 13.4. The van der Waals surface area contributed by atoms with E-state index in [9.17, 15) is 9.18 Å². The Morgan fingerprint density at radius 2 is 1.97 bits per heavy atom. The summed E-state index contributed by atoms with van der Waals surface area (Å²) in [7, 11) is 3.53. The molecule has 170 valence electrons. The van der Waals surface area contributed by atoms with Gasteiger partial charge in [-0.2, -0.15) is 5.10 Å². The summed E-state index contributed by atoms with van der Waals surface area (Å²) in [6.45, 7) is 2.88. The molecule has 4 rings (SSSR count). The highest BCUT2D eigenvalue weighted by Gasteiger charge is 2.17. The molecule has 0 unspecified atom stereocenters. The first kappa shape index (κ1) is 22.3. The molecule has 0 saturated heterocycles. The van der Waals surface area contributed by atoms with Crippen molar-refractivity contribution < 1.29 is 13.9 Å². The molecular formula is C25H26FN5O2.